The van der Waals surface area contributed by atoms with Gasteiger partial charge in [-0.25, -0.2) is 4.68 Å². The van der Waals surface area contributed by atoms with Crippen LogP contribution in [0.5, 0.6) is 5.75 Å². The zero-order chi connectivity index (χ0) is 24.0. The molecule has 1 aliphatic carbocycles. The van der Waals surface area contributed by atoms with Gasteiger partial charge in [0.1, 0.15) is 17.8 Å². The van der Waals surface area contributed by atoms with Gasteiger partial charge in [-0.1, -0.05) is 54.7 Å². The van der Waals surface area contributed by atoms with E-state index in [0.717, 1.165) is 24.8 Å². The van der Waals surface area contributed by atoms with Gasteiger partial charge in [-0.15, -0.1) is 0 Å². The number of nitrogens with zero attached hydrogens (tertiary/aromatic N) is 5. The minimum absolute atomic E-state index is 0.0494. The molecule has 1 heterocycles. The van der Waals surface area contributed by atoms with E-state index >= 15 is 0 Å². The van der Waals surface area contributed by atoms with Gasteiger partial charge in [0.25, 0.3) is 0 Å². The van der Waals surface area contributed by atoms with Crippen molar-refractivity contribution in [3.8, 4) is 5.75 Å². The monoisotopic (exact) mass is 463 g/mol. The van der Waals surface area contributed by atoms with Gasteiger partial charge in [-0.05, 0) is 53.1 Å². The summed E-state index contributed by atoms with van der Waals surface area (Å²) in [5, 5.41) is 14.0. The first kappa shape index (κ1) is 23.2. The first-order valence-corrected chi connectivity index (χ1v) is 11.3. The molecule has 0 aliphatic heterocycles. The summed E-state index contributed by atoms with van der Waals surface area (Å²) in [6.07, 6.45) is 3.85. The highest BCUT2D eigenvalue weighted by Gasteiger charge is 2.47. The van der Waals surface area contributed by atoms with Crippen molar-refractivity contribution in [2.75, 3.05) is 18.2 Å². The van der Waals surface area contributed by atoms with E-state index in [1.54, 1.807) is 36.3 Å². The number of carbonyl (C=O) groups excluding carboxylic acids is 2. The third kappa shape index (κ3) is 5.00. The highest BCUT2D eigenvalue weighted by molar-refractivity contribution is 6.00. The fourth-order valence-electron chi connectivity index (χ4n) is 4.46. The van der Waals surface area contributed by atoms with E-state index in [1.165, 1.54) is 4.68 Å². The predicted molar refractivity (Wildman–Crippen MR) is 127 cm³/mol. The zero-order valence-corrected chi connectivity index (χ0v) is 19.2. The average Bonchev–Trinajstić information content (AvgIpc) is 3.28. The van der Waals surface area contributed by atoms with E-state index in [0.29, 0.717) is 24.3 Å². The summed E-state index contributed by atoms with van der Waals surface area (Å²) >= 11 is 0. The van der Waals surface area contributed by atoms with E-state index in [9.17, 15) is 9.59 Å². The number of nitrogens with two attached hydrogens (primary N) is 1. The average molecular weight is 464 g/mol. The lowest BCUT2D eigenvalue weighted by Crippen LogP contribution is -2.60. The summed E-state index contributed by atoms with van der Waals surface area (Å²) < 4.78 is 6.46. The van der Waals surface area contributed by atoms with Crippen LogP contribution in [0, 0.1) is 0 Å². The maximum Gasteiger partial charge on any atom is 0.250 e. The largest absolute Gasteiger partial charge is 0.497 e. The molecule has 0 saturated heterocycles. The molecule has 4 rings (SSSR count). The van der Waals surface area contributed by atoms with E-state index in [1.807, 2.05) is 30.3 Å². The Labute approximate surface area is 198 Å². The molecule has 0 atom stereocenters. The van der Waals surface area contributed by atoms with Crippen molar-refractivity contribution in [3.63, 3.8) is 0 Å². The topological polar surface area (TPSA) is 128 Å². The summed E-state index contributed by atoms with van der Waals surface area (Å²) in [4.78, 5) is 29.2. The molecule has 2 aromatic carbocycles. The molecule has 0 unspecified atom stereocenters. The molecule has 0 radical (unpaired) electrons. The van der Waals surface area contributed by atoms with Crippen molar-refractivity contribution in [3.05, 3.63) is 60.2 Å². The van der Waals surface area contributed by atoms with Gasteiger partial charge in [-0.2, -0.15) is 0 Å². The molecule has 0 bridgehead atoms. The number of aromatic nitrogens is 4. The molecule has 1 aromatic heterocycles. The van der Waals surface area contributed by atoms with E-state index in [-0.39, 0.29) is 30.9 Å². The smallest absolute Gasteiger partial charge is 0.250 e. The molecular formula is C24H29N7O3. The van der Waals surface area contributed by atoms with Gasteiger partial charge in [0.05, 0.1) is 7.11 Å². The van der Waals surface area contributed by atoms with Crippen molar-refractivity contribution < 1.29 is 14.3 Å². The first-order valence-electron chi connectivity index (χ1n) is 11.3. The number of ether oxygens (including phenoxy) is 1. The van der Waals surface area contributed by atoms with Crippen molar-refractivity contribution in [2.24, 2.45) is 0 Å². The lowest BCUT2D eigenvalue weighted by Gasteiger charge is -2.45. The van der Waals surface area contributed by atoms with Crippen molar-refractivity contribution in [1.82, 2.24) is 25.1 Å². The van der Waals surface area contributed by atoms with Gasteiger partial charge in [0.2, 0.25) is 17.8 Å². The Morgan fingerprint density at radius 1 is 1.09 bits per heavy atom. The molecular weight excluding hydrogens is 434 g/mol. The molecule has 3 N–H and O–H groups in total. The number of nitrogen functional groups attached to an aromatic ring is 1. The van der Waals surface area contributed by atoms with Crippen LogP contribution in [0.1, 0.15) is 37.7 Å². The van der Waals surface area contributed by atoms with Crippen LogP contribution in [0.15, 0.2) is 54.6 Å². The number of methoxy groups -OCH3 is 1. The van der Waals surface area contributed by atoms with Gasteiger partial charge in [-0.3, -0.25) is 9.59 Å². The van der Waals surface area contributed by atoms with Crippen LogP contribution < -0.4 is 15.8 Å². The van der Waals surface area contributed by atoms with Crippen LogP contribution in [0.3, 0.4) is 0 Å². The molecule has 34 heavy (non-hydrogen) atoms. The maximum absolute atomic E-state index is 13.8. The second kappa shape index (κ2) is 10.3. The minimum Gasteiger partial charge on any atom is -0.497 e. The number of amides is 2. The van der Waals surface area contributed by atoms with E-state index in [4.69, 9.17) is 10.5 Å². The summed E-state index contributed by atoms with van der Waals surface area (Å²) in [6.45, 7) is 0.140. The van der Waals surface area contributed by atoms with Crippen molar-refractivity contribution >= 4 is 23.5 Å². The lowest BCUT2D eigenvalue weighted by molar-refractivity contribution is -0.149. The normalized spacial score (nSPS) is 14.9. The minimum atomic E-state index is -1.01. The Morgan fingerprint density at radius 2 is 1.79 bits per heavy atom. The molecule has 10 heteroatoms. The Morgan fingerprint density at radius 3 is 2.41 bits per heavy atom. The van der Waals surface area contributed by atoms with E-state index in [2.05, 4.69) is 20.8 Å². The number of carbonyl (C=O) groups is 2. The first-order chi connectivity index (χ1) is 16.5. The van der Waals surface area contributed by atoms with Gasteiger partial charge in [0.15, 0.2) is 0 Å². The molecule has 178 valence electrons. The summed E-state index contributed by atoms with van der Waals surface area (Å²) in [7, 11) is 1.59. The van der Waals surface area contributed by atoms with Crippen LogP contribution in [0.25, 0.3) is 0 Å². The van der Waals surface area contributed by atoms with Crippen LogP contribution in [-0.4, -0.2) is 49.6 Å². The molecule has 0 spiro atoms. The Bertz CT molecular complexity index is 1110. The van der Waals surface area contributed by atoms with Gasteiger partial charge < -0.3 is 20.7 Å². The molecule has 1 fully saturated rings. The number of tetrazole rings is 1. The lowest BCUT2D eigenvalue weighted by atomic mass is 9.78. The third-order valence-corrected chi connectivity index (χ3v) is 6.30. The number of hydrogen-bond donors (Lipinski definition) is 2. The number of benzene rings is 2. The highest BCUT2D eigenvalue weighted by Crippen LogP contribution is 2.36. The molecule has 1 saturated carbocycles. The van der Waals surface area contributed by atoms with Gasteiger partial charge >= 0.3 is 0 Å². The number of nitrogens with one attached hydrogen (secondary N) is 1. The van der Waals surface area contributed by atoms with Crippen molar-refractivity contribution in [2.45, 2.75) is 50.7 Å². The second-order valence-electron chi connectivity index (χ2n) is 8.44. The fourth-order valence-corrected chi connectivity index (χ4v) is 4.46. The standard InChI is InChI=1S/C24H29N7O3/c1-34-20-12-10-19(11-13-20)26-22(33)24(14-6-3-7-15-24)30(16-18-8-4-2-5-9-18)21(32)17-31-23(25)27-28-29-31/h2,4-5,8-13H,3,6-7,14-17H2,1H3,(H,26,33)(H2,25,27,29). The number of rotatable bonds is 8. The van der Waals surface area contributed by atoms with Crippen molar-refractivity contribution in [1.29, 1.82) is 0 Å². The third-order valence-electron chi connectivity index (χ3n) is 6.30. The Kier molecular flexibility index (Phi) is 7.05. The van der Waals surface area contributed by atoms with Crippen LogP contribution in [-0.2, 0) is 22.7 Å². The SMILES string of the molecule is COc1ccc(NC(=O)C2(N(Cc3ccccc3)C(=O)Cn3nnnc3N)CCCCC2)cc1. The summed E-state index contributed by atoms with van der Waals surface area (Å²) in [5.74, 6) is 0.277. The summed E-state index contributed by atoms with van der Waals surface area (Å²) in [5.41, 5.74) is 6.38. The van der Waals surface area contributed by atoms with Crippen LogP contribution >= 0.6 is 0 Å². The fraction of sp³-hybridized carbons (Fsp3) is 0.375. The maximum atomic E-state index is 13.8. The quantitative estimate of drug-likeness (QED) is 0.525. The Balaban J connectivity index is 1.67. The second-order valence-corrected chi connectivity index (χ2v) is 8.44. The molecule has 1 aliphatic rings. The highest BCUT2D eigenvalue weighted by atomic mass is 16.5. The van der Waals surface area contributed by atoms with Crippen LogP contribution in [0.2, 0.25) is 0 Å². The summed E-state index contributed by atoms with van der Waals surface area (Å²) in [6, 6.07) is 16.8. The zero-order valence-electron chi connectivity index (χ0n) is 19.2. The Hall–Kier alpha value is -3.95. The van der Waals surface area contributed by atoms with Crippen LogP contribution in [0.4, 0.5) is 11.6 Å². The molecule has 3 aromatic rings. The number of anilines is 2. The molecule has 2 amide bonds. The van der Waals surface area contributed by atoms with Gasteiger partial charge in [0, 0.05) is 12.2 Å². The predicted octanol–water partition coefficient (Wildman–Crippen LogP) is 2.63. The number of hydrogen-bond acceptors (Lipinski definition) is 7. The molecule has 10 nitrogen and oxygen atoms in total. The van der Waals surface area contributed by atoms with E-state index < -0.39 is 5.54 Å².